The number of aryl methyl sites for hydroxylation is 1. The summed E-state index contributed by atoms with van der Waals surface area (Å²) >= 11 is 1.74. The molecule has 0 saturated heterocycles. The molecule has 7 heteroatoms. The fourth-order valence-corrected chi connectivity index (χ4v) is 4.31. The highest BCUT2D eigenvalue weighted by Gasteiger charge is 2.26. The van der Waals surface area contributed by atoms with E-state index in [2.05, 4.69) is 21.9 Å². The zero-order valence-electron chi connectivity index (χ0n) is 15.2. The smallest absolute Gasteiger partial charge is 0.238 e. The van der Waals surface area contributed by atoms with E-state index < -0.39 is 0 Å². The largest absolute Gasteiger partial charge is 0.325 e. The van der Waals surface area contributed by atoms with Gasteiger partial charge in [0.05, 0.1) is 17.9 Å². The number of carbonyl (C=O) groups is 2. The van der Waals surface area contributed by atoms with Gasteiger partial charge in [-0.2, -0.15) is 5.10 Å². The molecule has 1 amide bonds. The first-order valence-electron chi connectivity index (χ1n) is 8.75. The van der Waals surface area contributed by atoms with Gasteiger partial charge in [-0.15, -0.1) is 11.3 Å². The van der Waals surface area contributed by atoms with Gasteiger partial charge in [0.1, 0.15) is 5.69 Å². The lowest BCUT2D eigenvalue weighted by atomic mass is 9.95. The van der Waals surface area contributed by atoms with Crippen LogP contribution in [0.4, 0.5) is 5.69 Å². The summed E-state index contributed by atoms with van der Waals surface area (Å²) in [7, 11) is 3.71. The minimum absolute atomic E-state index is 0.0598. The topological polar surface area (TPSA) is 67.2 Å². The molecule has 2 aromatic heterocycles. The molecule has 0 bridgehead atoms. The third kappa shape index (κ3) is 3.31. The Hall–Kier alpha value is -2.77. The Morgan fingerprint density at radius 3 is 2.74 bits per heavy atom. The molecule has 2 heterocycles. The second-order valence-corrected chi connectivity index (χ2v) is 7.83. The number of thiophene rings is 1. The number of carbonyl (C=O) groups excluding carboxylic acids is 2. The standard InChI is InChI=1S/C20H20N4O2S/c1-23(2)11-19(26)21-13-3-5-14(6-4-13)24-20-15(17(12-25)22-24)7-8-18-16(20)9-10-27-18/h3-6,9-10,12H,7-8,11H2,1-2H3,(H,21,26). The van der Waals surface area contributed by atoms with Crippen molar-refractivity contribution in [2.45, 2.75) is 12.8 Å². The minimum atomic E-state index is -0.0598. The van der Waals surface area contributed by atoms with Crippen LogP contribution in [0.1, 0.15) is 20.9 Å². The Bertz CT molecular complexity index is 1000. The van der Waals surface area contributed by atoms with Crippen LogP contribution in [0.15, 0.2) is 35.7 Å². The van der Waals surface area contributed by atoms with Gasteiger partial charge >= 0.3 is 0 Å². The van der Waals surface area contributed by atoms with Gasteiger partial charge in [0.15, 0.2) is 6.29 Å². The van der Waals surface area contributed by atoms with E-state index in [1.54, 1.807) is 11.3 Å². The Morgan fingerprint density at radius 2 is 2.04 bits per heavy atom. The van der Waals surface area contributed by atoms with E-state index in [9.17, 15) is 9.59 Å². The van der Waals surface area contributed by atoms with Crippen molar-refractivity contribution in [3.8, 4) is 16.9 Å². The van der Waals surface area contributed by atoms with Crippen LogP contribution in [0.25, 0.3) is 16.9 Å². The van der Waals surface area contributed by atoms with Crippen molar-refractivity contribution in [2.24, 2.45) is 0 Å². The van der Waals surface area contributed by atoms with Gasteiger partial charge in [-0.1, -0.05) is 0 Å². The summed E-state index contributed by atoms with van der Waals surface area (Å²) in [5.41, 5.74) is 5.28. The molecule has 0 saturated carbocycles. The summed E-state index contributed by atoms with van der Waals surface area (Å²) in [6.45, 7) is 0.331. The summed E-state index contributed by atoms with van der Waals surface area (Å²) < 4.78 is 1.84. The number of amides is 1. The molecule has 1 aromatic carbocycles. The molecular weight excluding hydrogens is 360 g/mol. The van der Waals surface area contributed by atoms with Gasteiger partial charge in [0.2, 0.25) is 5.91 Å². The van der Waals surface area contributed by atoms with Crippen molar-refractivity contribution < 1.29 is 9.59 Å². The average molecular weight is 380 g/mol. The Balaban J connectivity index is 1.68. The maximum atomic E-state index is 11.9. The first-order chi connectivity index (χ1) is 13.1. The average Bonchev–Trinajstić information content (AvgIpc) is 3.25. The van der Waals surface area contributed by atoms with Crippen LogP contribution < -0.4 is 5.32 Å². The zero-order valence-corrected chi connectivity index (χ0v) is 16.0. The molecule has 1 N–H and O–H groups in total. The van der Waals surface area contributed by atoms with E-state index in [0.29, 0.717) is 12.2 Å². The number of aromatic nitrogens is 2. The number of nitrogens with one attached hydrogen (secondary N) is 1. The first-order valence-corrected chi connectivity index (χ1v) is 9.63. The Morgan fingerprint density at radius 1 is 1.26 bits per heavy atom. The van der Waals surface area contributed by atoms with Crippen molar-refractivity contribution in [1.82, 2.24) is 14.7 Å². The number of likely N-dealkylation sites (N-methyl/N-ethyl adjacent to an activating group) is 1. The number of rotatable bonds is 5. The van der Waals surface area contributed by atoms with Crippen LogP contribution in [0, 0.1) is 0 Å². The van der Waals surface area contributed by atoms with Crippen molar-refractivity contribution in [3.05, 3.63) is 51.8 Å². The number of nitrogens with zero attached hydrogens (tertiary/aromatic N) is 3. The van der Waals surface area contributed by atoms with Crippen molar-refractivity contribution in [2.75, 3.05) is 26.0 Å². The summed E-state index contributed by atoms with van der Waals surface area (Å²) in [5.74, 6) is -0.0598. The van der Waals surface area contributed by atoms with E-state index in [-0.39, 0.29) is 5.91 Å². The van der Waals surface area contributed by atoms with E-state index in [0.717, 1.165) is 47.3 Å². The summed E-state index contributed by atoms with van der Waals surface area (Å²) in [6.07, 6.45) is 2.61. The fraction of sp³-hybridized carbons (Fsp3) is 0.250. The lowest BCUT2D eigenvalue weighted by Gasteiger charge is -2.15. The molecule has 0 aliphatic heterocycles. The number of fused-ring (bicyclic) bond motifs is 3. The van der Waals surface area contributed by atoms with Gasteiger partial charge in [0.25, 0.3) is 0 Å². The predicted molar refractivity (Wildman–Crippen MR) is 107 cm³/mol. The quantitative estimate of drug-likeness (QED) is 0.691. The normalized spacial score (nSPS) is 12.6. The lowest BCUT2D eigenvalue weighted by molar-refractivity contribution is -0.116. The van der Waals surface area contributed by atoms with E-state index in [1.165, 1.54) is 4.88 Å². The molecule has 0 atom stereocenters. The number of hydrogen-bond donors (Lipinski definition) is 1. The van der Waals surface area contributed by atoms with Crippen LogP contribution in [0.3, 0.4) is 0 Å². The molecule has 0 unspecified atom stereocenters. The van der Waals surface area contributed by atoms with Gasteiger partial charge in [0, 0.05) is 21.7 Å². The molecule has 1 aliphatic rings. The van der Waals surface area contributed by atoms with Crippen LogP contribution >= 0.6 is 11.3 Å². The molecule has 138 valence electrons. The Kier molecular flexibility index (Phi) is 4.63. The molecule has 1 aliphatic carbocycles. The van der Waals surface area contributed by atoms with E-state index in [1.807, 2.05) is 47.9 Å². The van der Waals surface area contributed by atoms with E-state index >= 15 is 0 Å². The van der Waals surface area contributed by atoms with Gasteiger partial charge in [-0.3, -0.25) is 9.59 Å². The number of hydrogen-bond acceptors (Lipinski definition) is 5. The molecule has 0 fully saturated rings. The Labute approximate surface area is 161 Å². The summed E-state index contributed by atoms with van der Waals surface area (Å²) in [4.78, 5) is 26.6. The van der Waals surface area contributed by atoms with Crippen LogP contribution in [0.2, 0.25) is 0 Å². The second-order valence-electron chi connectivity index (χ2n) is 6.83. The second kappa shape index (κ2) is 7.09. The lowest BCUT2D eigenvalue weighted by Crippen LogP contribution is -2.27. The highest BCUT2D eigenvalue weighted by molar-refractivity contribution is 7.10. The predicted octanol–water partition coefficient (Wildman–Crippen LogP) is 3.01. The zero-order chi connectivity index (χ0) is 19.0. The highest BCUT2D eigenvalue weighted by Crippen LogP contribution is 2.39. The van der Waals surface area contributed by atoms with Crippen molar-refractivity contribution in [3.63, 3.8) is 0 Å². The van der Waals surface area contributed by atoms with Gasteiger partial charge in [-0.05, 0) is 62.6 Å². The van der Waals surface area contributed by atoms with Gasteiger partial charge < -0.3 is 10.2 Å². The molecule has 3 aromatic rings. The minimum Gasteiger partial charge on any atom is -0.325 e. The van der Waals surface area contributed by atoms with Gasteiger partial charge in [-0.25, -0.2) is 4.68 Å². The van der Waals surface area contributed by atoms with E-state index in [4.69, 9.17) is 0 Å². The fourth-order valence-electron chi connectivity index (χ4n) is 3.43. The molecule has 0 spiro atoms. The third-order valence-electron chi connectivity index (χ3n) is 4.58. The highest BCUT2D eigenvalue weighted by atomic mass is 32.1. The van der Waals surface area contributed by atoms with Crippen LogP contribution in [0.5, 0.6) is 0 Å². The third-order valence-corrected chi connectivity index (χ3v) is 5.56. The molecule has 0 radical (unpaired) electrons. The van der Waals surface area contributed by atoms with Crippen LogP contribution in [-0.2, 0) is 17.6 Å². The maximum absolute atomic E-state index is 11.9. The summed E-state index contributed by atoms with van der Waals surface area (Å²) in [5, 5.41) is 9.51. The molecule has 4 rings (SSSR count). The maximum Gasteiger partial charge on any atom is 0.238 e. The molecular formula is C20H20N4O2S. The van der Waals surface area contributed by atoms with Crippen LogP contribution in [-0.4, -0.2) is 47.5 Å². The number of aldehydes is 1. The number of benzene rings is 1. The van der Waals surface area contributed by atoms with Crippen molar-refractivity contribution >= 4 is 29.2 Å². The van der Waals surface area contributed by atoms with Crippen molar-refractivity contribution in [1.29, 1.82) is 0 Å². The summed E-state index contributed by atoms with van der Waals surface area (Å²) in [6, 6.07) is 9.63. The first kappa shape index (κ1) is 17.6. The number of anilines is 1. The molecule has 27 heavy (non-hydrogen) atoms. The SMILES string of the molecule is CN(C)CC(=O)Nc1ccc(-n2nc(C=O)c3c2-c2ccsc2CC3)cc1. The monoisotopic (exact) mass is 380 g/mol. The molecule has 6 nitrogen and oxygen atoms in total.